The molecule has 0 amide bonds. The number of hydrogen-bond acceptors (Lipinski definition) is 4. The maximum Gasteiger partial charge on any atom is 0.306 e. The van der Waals surface area contributed by atoms with E-state index in [0.29, 0.717) is 18.7 Å². The van der Waals surface area contributed by atoms with Crippen molar-refractivity contribution in [3.05, 3.63) is 54.1 Å². The number of H-pyrrole nitrogens is 1. The van der Waals surface area contributed by atoms with Crippen LogP contribution in [0.3, 0.4) is 0 Å². The lowest BCUT2D eigenvalue weighted by atomic mass is 9.82. The molecule has 31 heavy (non-hydrogen) atoms. The molecule has 2 aromatic heterocycles. The van der Waals surface area contributed by atoms with Gasteiger partial charge in [0.05, 0.1) is 23.3 Å². The van der Waals surface area contributed by atoms with Crippen LogP contribution in [-0.2, 0) is 4.79 Å². The number of carbonyl (C=O) groups is 1. The number of benzene rings is 2. The van der Waals surface area contributed by atoms with E-state index in [0.717, 1.165) is 38.5 Å². The Kier molecular flexibility index (Phi) is 4.61. The van der Waals surface area contributed by atoms with Crippen molar-refractivity contribution in [1.29, 1.82) is 0 Å². The molecule has 0 aliphatic heterocycles. The third-order valence-corrected chi connectivity index (χ3v) is 5.96. The van der Waals surface area contributed by atoms with E-state index in [2.05, 4.69) is 24.0 Å². The third kappa shape index (κ3) is 3.40. The molecule has 0 bridgehead atoms. The smallest absolute Gasteiger partial charge is 0.306 e. The summed E-state index contributed by atoms with van der Waals surface area (Å²) >= 11 is 0. The van der Waals surface area contributed by atoms with Gasteiger partial charge in [0.1, 0.15) is 11.9 Å². The van der Waals surface area contributed by atoms with Crippen LogP contribution < -0.4 is 4.74 Å². The molecule has 0 atom stereocenters. The largest absolute Gasteiger partial charge is 0.481 e. The van der Waals surface area contributed by atoms with Crippen LogP contribution in [-0.4, -0.2) is 32.4 Å². The minimum absolute atomic E-state index is 0.0972. The number of fused-ring (bicyclic) bond motifs is 2. The predicted octanol–water partition coefficient (Wildman–Crippen LogP) is 5.28. The Morgan fingerprint density at radius 3 is 2.61 bits per heavy atom. The van der Waals surface area contributed by atoms with E-state index in [1.807, 2.05) is 12.1 Å². The van der Waals surface area contributed by atoms with Crippen LogP contribution >= 0.6 is 0 Å². The molecule has 2 N–H and O–H groups in total. The van der Waals surface area contributed by atoms with Crippen molar-refractivity contribution in [3.8, 4) is 17.0 Å². The molecule has 1 saturated carbocycles. The zero-order valence-electron chi connectivity index (χ0n) is 17.2. The van der Waals surface area contributed by atoms with Crippen molar-refractivity contribution in [2.75, 3.05) is 0 Å². The number of nitrogens with one attached hydrogen (secondary N) is 1. The van der Waals surface area contributed by atoms with E-state index in [1.165, 1.54) is 12.1 Å². The quantitative estimate of drug-likeness (QED) is 0.459. The zero-order valence-corrected chi connectivity index (χ0v) is 17.2. The highest BCUT2D eigenvalue weighted by molar-refractivity contribution is 6.06. The summed E-state index contributed by atoms with van der Waals surface area (Å²) in [6, 6.07) is 10.4. The fourth-order valence-corrected chi connectivity index (χ4v) is 4.19. The Morgan fingerprint density at radius 1 is 1.19 bits per heavy atom. The molecule has 7 heteroatoms. The number of carboxylic acids is 1. The average Bonchev–Trinajstić information content (AvgIpc) is 3.16. The topological polar surface area (TPSA) is 88.1 Å². The number of rotatable bonds is 5. The van der Waals surface area contributed by atoms with Gasteiger partial charge in [0, 0.05) is 16.3 Å². The first-order valence-electron chi connectivity index (χ1n) is 10.4. The van der Waals surface area contributed by atoms with Crippen LogP contribution in [0.4, 0.5) is 4.39 Å². The molecular formula is C24H22FN3O3. The van der Waals surface area contributed by atoms with E-state index in [-0.39, 0.29) is 23.8 Å². The summed E-state index contributed by atoms with van der Waals surface area (Å²) in [5.74, 6) is -0.845. The van der Waals surface area contributed by atoms with Crippen LogP contribution in [0.2, 0.25) is 0 Å². The highest BCUT2D eigenvalue weighted by Gasteiger charge is 2.37. The van der Waals surface area contributed by atoms with Gasteiger partial charge in [0.15, 0.2) is 0 Å². The minimum atomic E-state index is -0.786. The van der Waals surface area contributed by atoms with Crippen LogP contribution in [0.15, 0.2) is 42.6 Å². The van der Waals surface area contributed by atoms with Gasteiger partial charge >= 0.3 is 5.97 Å². The number of pyridine rings is 1. The maximum atomic E-state index is 13.6. The van der Waals surface area contributed by atoms with E-state index in [1.54, 1.807) is 18.3 Å². The monoisotopic (exact) mass is 419 g/mol. The number of hydrogen-bond donors (Lipinski definition) is 2. The summed E-state index contributed by atoms with van der Waals surface area (Å²) in [6.07, 6.45) is 2.54. The van der Waals surface area contributed by atoms with Crippen LogP contribution in [0, 0.1) is 11.7 Å². The van der Waals surface area contributed by atoms with Gasteiger partial charge in [-0.3, -0.25) is 9.89 Å². The molecule has 158 valence electrons. The van der Waals surface area contributed by atoms with E-state index >= 15 is 0 Å². The molecule has 2 heterocycles. The summed E-state index contributed by atoms with van der Waals surface area (Å²) in [7, 11) is 0. The molecule has 1 aliphatic carbocycles. The lowest BCUT2D eigenvalue weighted by Gasteiger charge is -2.32. The SMILES string of the molecule is CC(C)c1nc(O[C@H]2C[C@H](C(=O)O)C2)c2cc3[nH]ncc3cc2c1-c1ccc(F)cc1. The minimum Gasteiger partial charge on any atom is -0.481 e. The molecule has 0 spiro atoms. The first-order chi connectivity index (χ1) is 14.9. The number of carboxylic acid groups (broad SMARTS) is 1. The second kappa shape index (κ2) is 7.34. The number of halogens is 1. The molecule has 1 aliphatic rings. The van der Waals surface area contributed by atoms with Crippen LogP contribution in [0.25, 0.3) is 32.8 Å². The number of aromatic nitrogens is 3. The number of nitrogens with zero attached hydrogens (tertiary/aromatic N) is 2. The Hall–Kier alpha value is -3.48. The van der Waals surface area contributed by atoms with E-state index in [4.69, 9.17) is 9.72 Å². The van der Waals surface area contributed by atoms with Crippen molar-refractivity contribution in [3.63, 3.8) is 0 Å². The van der Waals surface area contributed by atoms with Gasteiger partial charge in [0.2, 0.25) is 5.88 Å². The highest BCUT2D eigenvalue weighted by Crippen LogP contribution is 2.42. The van der Waals surface area contributed by atoms with Crippen LogP contribution in [0.5, 0.6) is 5.88 Å². The lowest BCUT2D eigenvalue weighted by molar-refractivity contribution is -0.148. The molecule has 0 radical (unpaired) electrons. The Morgan fingerprint density at radius 2 is 1.94 bits per heavy atom. The fourth-order valence-electron chi connectivity index (χ4n) is 4.19. The lowest BCUT2D eigenvalue weighted by Crippen LogP contribution is -2.38. The molecule has 1 fully saturated rings. The first-order valence-corrected chi connectivity index (χ1v) is 10.4. The number of aliphatic carboxylic acids is 1. The second-order valence-electron chi connectivity index (χ2n) is 8.44. The van der Waals surface area contributed by atoms with Crippen molar-refractivity contribution in [2.24, 2.45) is 5.92 Å². The van der Waals surface area contributed by atoms with E-state index < -0.39 is 5.97 Å². The van der Waals surface area contributed by atoms with Crippen molar-refractivity contribution >= 4 is 27.6 Å². The summed E-state index contributed by atoms with van der Waals surface area (Å²) in [5, 5.41) is 19.0. The summed E-state index contributed by atoms with van der Waals surface area (Å²) in [4.78, 5) is 16.1. The van der Waals surface area contributed by atoms with Gasteiger partial charge in [-0.25, -0.2) is 9.37 Å². The predicted molar refractivity (Wildman–Crippen MR) is 116 cm³/mol. The average molecular weight is 419 g/mol. The Bertz CT molecular complexity index is 1290. The Balaban J connectivity index is 1.71. The number of ether oxygens (including phenoxy) is 1. The van der Waals surface area contributed by atoms with Crippen molar-refractivity contribution < 1.29 is 19.0 Å². The van der Waals surface area contributed by atoms with Gasteiger partial charge in [-0.1, -0.05) is 26.0 Å². The molecule has 5 rings (SSSR count). The fraction of sp³-hybridized carbons (Fsp3) is 0.292. The molecule has 0 unspecified atom stereocenters. The molecule has 0 saturated heterocycles. The third-order valence-electron chi connectivity index (χ3n) is 5.96. The second-order valence-corrected chi connectivity index (χ2v) is 8.44. The van der Waals surface area contributed by atoms with Crippen LogP contribution in [0.1, 0.15) is 38.3 Å². The van der Waals surface area contributed by atoms with E-state index in [9.17, 15) is 14.3 Å². The standard InChI is InChI=1S/C24H22FN3O3/c1-12(2)22-21(13-3-5-16(25)6-4-13)18-9-15-11-26-28-20(15)10-19(18)23(27-22)31-17-7-14(8-17)24(29)30/h3-6,9-12,14,17H,7-8H2,1-2H3,(H,26,28)(H,29,30)/t14-,17-. The zero-order chi connectivity index (χ0) is 21.7. The van der Waals surface area contributed by atoms with Crippen molar-refractivity contribution in [2.45, 2.75) is 38.7 Å². The van der Waals surface area contributed by atoms with Crippen molar-refractivity contribution in [1.82, 2.24) is 15.2 Å². The summed E-state index contributed by atoms with van der Waals surface area (Å²) in [6.45, 7) is 4.12. The highest BCUT2D eigenvalue weighted by atomic mass is 19.1. The van der Waals surface area contributed by atoms with Gasteiger partial charge in [-0.2, -0.15) is 5.10 Å². The summed E-state index contributed by atoms with van der Waals surface area (Å²) < 4.78 is 19.8. The Labute approximate surface area is 178 Å². The summed E-state index contributed by atoms with van der Waals surface area (Å²) in [5.41, 5.74) is 3.54. The van der Waals surface area contributed by atoms with Gasteiger partial charge in [-0.05, 0) is 54.0 Å². The first kappa shape index (κ1) is 19.5. The normalized spacial score (nSPS) is 18.5. The number of aromatic amines is 1. The van der Waals surface area contributed by atoms with Gasteiger partial charge in [0.25, 0.3) is 0 Å². The van der Waals surface area contributed by atoms with Gasteiger partial charge < -0.3 is 9.84 Å². The molecular weight excluding hydrogens is 397 g/mol. The molecule has 2 aromatic carbocycles. The maximum absolute atomic E-state index is 13.6. The van der Waals surface area contributed by atoms with Gasteiger partial charge in [-0.15, -0.1) is 0 Å². The molecule has 4 aromatic rings. The molecule has 6 nitrogen and oxygen atoms in total.